The van der Waals surface area contributed by atoms with Gasteiger partial charge in [0, 0.05) is 6.07 Å². The Morgan fingerprint density at radius 2 is 2.21 bits per heavy atom. The molecule has 1 nitrogen and oxygen atoms in total. The maximum absolute atomic E-state index is 13.5. The van der Waals surface area contributed by atoms with Gasteiger partial charge >= 0.3 is 0 Å². The van der Waals surface area contributed by atoms with E-state index in [9.17, 15) is 4.39 Å². The second kappa shape index (κ2) is 3.43. The van der Waals surface area contributed by atoms with Gasteiger partial charge in [-0.05, 0) is 29.5 Å². The molecule has 0 heterocycles. The molecule has 1 aromatic carbocycles. The van der Waals surface area contributed by atoms with Crippen LogP contribution in [0.5, 0.6) is 5.75 Å². The fourth-order valence-electron chi connectivity index (χ4n) is 1.94. The average molecular weight is 215 g/mol. The number of hydrogen-bond acceptors (Lipinski definition) is 1. The Morgan fingerprint density at radius 3 is 2.86 bits per heavy atom. The van der Waals surface area contributed by atoms with Crippen molar-refractivity contribution in [3.8, 4) is 5.75 Å². The summed E-state index contributed by atoms with van der Waals surface area (Å²) in [7, 11) is 1.53. The molecule has 3 heteroatoms. The van der Waals surface area contributed by atoms with Crippen molar-refractivity contribution >= 4 is 11.6 Å². The van der Waals surface area contributed by atoms with Crippen LogP contribution in [0.3, 0.4) is 0 Å². The van der Waals surface area contributed by atoms with Crippen LogP contribution in [0.2, 0.25) is 0 Å². The van der Waals surface area contributed by atoms with E-state index in [1.54, 1.807) is 0 Å². The van der Waals surface area contributed by atoms with Crippen molar-refractivity contribution in [2.24, 2.45) is 5.92 Å². The van der Waals surface area contributed by atoms with Gasteiger partial charge in [0.1, 0.15) is 11.6 Å². The van der Waals surface area contributed by atoms with Gasteiger partial charge < -0.3 is 4.74 Å². The molecule has 0 amide bonds. The Bertz CT molecular complexity index is 365. The van der Waals surface area contributed by atoms with Crippen molar-refractivity contribution in [3.63, 3.8) is 0 Å². The van der Waals surface area contributed by atoms with Crippen molar-refractivity contribution in [2.45, 2.75) is 18.7 Å². The van der Waals surface area contributed by atoms with E-state index < -0.39 is 0 Å². The lowest BCUT2D eigenvalue weighted by atomic mass is 10.1. The van der Waals surface area contributed by atoms with E-state index in [1.165, 1.54) is 13.2 Å². The van der Waals surface area contributed by atoms with Gasteiger partial charge in [-0.25, -0.2) is 4.39 Å². The zero-order valence-electron chi connectivity index (χ0n) is 8.18. The minimum atomic E-state index is -0.200. The number of rotatable bonds is 1. The molecule has 0 N–H and O–H groups in total. The van der Waals surface area contributed by atoms with E-state index in [4.69, 9.17) is 16.3 Å². The maximum Gasteiger partial charge on any atom is 0.130 e. The Morgan fingerprint density at radius 1 is 1.50 bits per heavy atom. The van der Waals surface area contributed by atoms with Crippen molar-refractivity contribution in [1.29, 1.82) is 0 Å². The summed E-state index contributed by atoms with van der Waals surface area (Å²) in [6.07, 6.45) is 0.722. The number of halogens is 2. The predicted octanol–water partition coefficient (Wildman–Crippen LogP) is 3.31. The van der Waals surface area contributed by atoms with Gasteiger partial charge in [0.05, 0.1) is 12.5 Å². The summed E-state index contributed by atoms with van der Waals surface area (Å²) in [4.78, 5) is 0. The fourth-order valence-corrected chi connectivity index (χ4v) is 2.23. The van der Waals surface area contributed by atoms with Crippen molar-refractivity contribution < 1.29 is 9.13 Å². The van der Waals surface area contributed by atoms with E-state index in [1.807, 2.05) is 13.0 Å². The summed E-state index contributed by atoms with van der Waals surface area (Å²) in [5, 5.41) is -0.0883. The molecule has 2 rings (SSSR count). The molecule has 0 spiro atoms. The zero-order valence-corrected chi connectivity index (χ0v) is 8.94. The van der Waals surface area contributed by atoms with Crippen LogP contribution in [0.4, 0.5) is 4.39 Å². The lowest BCUT2D eigenvalue weighted by molar-refractivity contribution is 0.410. The average Bonchev–Trinajstić information content (AvgIpc) is 2.45. The normalized spacial score (nSPS) is 24.9. The molecule has 0 saturated heterocycles. The van der Waals surface area contributed by atoms with Gasteiger partial charge in [-0.15, -0.1) is 11.6 Å². The molecule has 0 fully saturated rings. The maximum atomic E-state index is 13.5. The first-order valence-corrected chi connectivity index (χ1v) is 5.07. The van der Waals surface area contributed by atoms with Crippen molar-refractivity contribution in [2.75, 3.05) is 7.11 Å². The molecule has 0 aromatic heterocycles. The third-order valence-corrected chi connectivity index (χ3v) is 3.43. The summed E-state index contributed by atoms with van der Waals surface area (Å²) >= 11 is 6.17. The molecule has 1 aliphatic carbocycles. The second-order valence-electron chi connectivity index (χ2n) is 3.76. The summed E-state index contributed by atoms with van der Waals surface area (Å²) in [5.41, 5.74) is 1.63. The molecule has 14 heavy (non-hydrogen) atoms. The quantitative estimate of drug-likeness (QED) is 0.652. The zero-order chi connectivity index (χ0) is 10.3. The number of hydrogen-bond donors (Lipinski definition) is 0. The predicted molar refractivity (Wildman–Crippen MR) is 54.4 cm³/mol. The smallest absolute Gasteiger partial charge is 0.130 e. The topological polar surface area (TPSA) is 9.23 Å². The Balaban J connectivity index is 2.52. The minimum Gasteiger partial charge on any atom is -0.497 e. The molecule has 2 unspecified atom stereocenters. The molecule has 1 aromatic rings. The summed E-state index contributed by atoms with van der Waals surface area (Å²) in [6, 6.07) is 3.25. The van der Waals surface area contributed by atoms with Crippen LogP contribution in [0.1, 0.15) is 23.4 Å². The molecule has 0 bridgehead atoms. The van der Waals surface area contributed by atoms with Crippen molar-refractivity contribution in [1.82, 2.24) is 0 Å². The molecular weight excluding hydrogens is 203 g/mol. The van der Waals surface area contributed by atoms with E-state index >= 15 is 0 Å². The molecule has 0 aliphatic heterocycles. The lowest BCUT2D eigenvalue weighted by Gasteiger charge is -2.08. The van der Waals surface area contributed by atoms with Gasteiger partial charge in [0.25, 0.3) is 0 Å². The van der Waals surface area contributed by atoms with Crippen LogP contribution >= 0.6 is 11.6 Å². The SMILES string of the molecule is COc1cc(F)c2c(c1)C(Cl)C(C)C2. The van der Waals surface area contributed by atoms with Crippen LogP contribution in [0.15, 0.2) is 12.1 Å². The van der Waals surface area contributed by atoms with E-state index in [2.05, 4.69) is 0 Å². The van der Waals surface area contributed by atoms with Crippen LogP contribution in [-0.4, -0.2) is 7.11 Å². The number of fused-ring (bicyclic) bond motifs is 1. The van der Waals surface area contributed by atoms with Gasteiger partial charge in [-0.1, -0.05) is 6.92 Å². The first kappa shape index (κ1) is 9.78. The molecule has 0 saturated carbocycles. The molecule has 0 radical (unpaired) electrons. The largest absolute Gasteiger partial charge is 0.497 e. The van der Waals surface area contributed by atoms with Crippen molar-refractivity contribution in [3.05, 3.63) is 29.1 Å². The Hall–Kier alpha value is -0.760. The molecule has 76 valence electrons. The lowest BCUT2D eigenvalue weighted by Crippen LogP contribution is -1.94. The monoisotopic (exact) mass is 214 g/mol. The van der Waals surface area contributed by atoms with Gasteiger partial charge in [0.2, 0.25) is 0 Å². The highest BCUT2D eigenvalue weighted by atomic mass is 35.5. The summed E-state index contributed by atoms with van der Waals surface area (Å²) in [6.45, 7) is 2.03. The fraction of sp³-hybridized carbons (Fsp3) is 0.455. The third-order valence-electron chi connectivity index (χ3n) is 2.76. The molecule has 1 aliphatic rings. The van der Waals surface area contributed by atoms with E-state index in [-0.39, 0.29) is 11.2 Å². The summed E-state index contributed by atoms with van der Waals surface area (Å²) in [5.74, 6) is 0.642. The highest BCUT2D eigenvalue weighted by Gasteiger charge is 2.30. The number of methoxy groups -OCH3 is 1. The third kappa shape index (κ3) is 1.38. The summed E-state index contributed by atoms with van der Waals surface area (Å²) < 4.78 is 18.6. The van der Waals surface area contributed by atoms with Gasteiger partial charge in [0.15, 0.2) is 0 Å². The van der Waals surface area contributed by atoms with Crippen LogP contribution in [-0.2, 0) is 6.42 Å². The Labute approximate surface area is 87.8 Å². The standard InChI is InChI=1S/C11H12ClFO/c1-6-3-8-9(11(6)12)4-7(14-2)5-10(8)13/h4-6,11H,3H2,1-2H3. The molecule has 2 atom stereocenters. The number of ether oxygens (including phenoxy) is 1. The van der Waals surface area contributed by atoms with E-state index in [0.29, 0.717) is 11.7 Å². The Kier molecular flexibility index (Phi) is 2.40. The second-order valence-corrected chi connectivity index (χ2v) is 4.23. The van der Waals surface area contributed by atoms with E-state index in [0.717, 1.165) is 17.5 Å². The molecular formula is C11H12ClFO. The van der Waals surface area contributed by atoms with Crippen LogP contribution in [0.25, 0.3) is 0 Å². The number of alkyl halides is 1. The van der Waals surface area contributed by atoms with Gasteiger partial charge in [-0.2, -0.15) is 0 Å². The first-order valence-electron chi connectivity index (χ1n) is 4.64. The highest BCUT2D eigenvalue weighted by molar-refractivity contribution is 6.21. The first-order chi connectivity index (χ1) is 6.63. The van der Waals surface area contributed by atoms with Crippen LogP contribution in [0, 0.1) is 11.7 Å². The highest BCUT2D eigenvalue weighted by Crippen LogP contribution is 2.43. The number of benzene rings is 1. The minimum absolute atomic E-state index is 0.0883. The van der Waals surface area contributed by atoms with Crippen LogP contribution < -0.4 is 4.74 Å². The van der Waals surface area contributed by atoms with Gasteiger partial charge in [-0.3, -0.25) is 0 Å².